The summed E-state index contributed by atoms with van der Waals surface area (Å²) < 4.78 is 42.9. The van der Waals surface area contributed by atoms with Crippen LogP contribution in [0.25, 0.3) is 0 Å². The minimum atomic E-state index is -4.28. The molecular weight excluding hydrogens is 564 g/mol. The summed E-state index contributed by atoms with van der Waals surface area (Å²) in [6, 6.07) is 16.7. The second-order valence-electron chi connectivity index (χ2n) is 8.85. The van der Waals surface area contributed by atoms with E-state index in [0.29, 0.717) is 6.54 Å². The maximum atomic E-state index is 14.6. The van der Waals surface area contributed by atoms with E-state index < -0.39 is 40.2 Å². The first kappa shape index (κ1) is 30.4. The summed E-state index contributed by atoms with van der Waals surface area (Å²) in [6.07, 6.45) is 1.61. The molecule has 0 spiro atoms. The Labute approximate surface area is 238 Å². The summed E-state index contributed by atoms with van der Waals surface area (Å²) in [5.74, 6) is -1.71. The Morgan fingerprint density at radius 2 is 1.67 bits per heavy atom. The van der Waals surface area contributed by atoms with Crippen LogP contribution in [0.5, 0.6) is 0 Å². The van der Waals surface area contributed by atoms with Crippen molar-refractivity contribution in [2.45, 2.75) is 44.2 Å². The molecule has 3 aromatic rings. The number of unbranched alkanes of at least 4 members (excludes halogenated alkanes) is 1. The molecule has 0 aliphatic rings. The van der Waals surface area contributed by atoms with Gasteiger partial charge in [-0.3, -0.25) is 13.9 Å². The van der Waals surface area contributed by atoms with Crippen molar-refractivity contribution in [2.24, 2.45) is 0 Å². The third kappa shape index (κ3) is 7.71. The molecule has 0 saturated heterocycles. The summed E-state index contributed by atoms with van der Waals surface area (Å²) in [5, 5.41) is 3.08. The molecule has 0 fully saturated rings. The van der Waals surface area contributed by atoms with Crippen molar-refractivity contribution in [3.05, 3.63) is 94.2 Å². The number of nitrogens with zero attached hydrogens (tertiary/aromatic N) is 2. The molecule has 3 rings (SSSR count). The number of carbonyl (C=O) groups excluding carboxylic acids is 2. The molecule has 0 aromatic heterocycles. The van der Waals surface area contributed by atoms with E-state index >= 15 is 0 Å². The van der Waals surface area contributed by atoms with Gasteiger partial charge in [-0.05, 0) is 49.7 Å². The van der Waals surface area contributed by atoms with E-state index in [0.717, 1.165) is 22.0 Å². The Balaban J connectivity index is 2.03. The van der Waals surface area contributed by atoms with Crippen LogP contribution in [-0.2, 0) is 26.2 Å². The highest BCUT2D eigenvalue weighted by Gasteiger charge is 2.33. The fourth-order valence-corrected chi connectivity index (χ4v) is 5.86. The van der Waals surface area contributed by atoms with Crippen molar-refractivity contribution in [1.29, 1.82) is 0 Å². The molecular formula is C28H30Cl2FN3O4S. The van der Waals surface area contributed by atoms with Gasteiger partial charge in [-0.25, -0.2) is 12.8 Å². The second kappa shape index (κ2) is 13.8. The minimum Gasteiger partial charge on any atom is -0.354 e. The number of carbonyl (C=O) groups is 2. The van der Waals surface area contributed by atoms with E-state index in [4.69, 9.17) is 23.2 Å². The Bertz CT molecular complexity index is 1410. The van der Waals surface area contributed by atoms with E-state index in [-0.39, 0.29) is 32.7 Å². The van der Waals surface area contributed by atoms with Crippen LogP contribution < -0.4 is 9.62 Å². The van der Waals surface area contributed by atoms with Gasteiger partial charge >= 0.3 is 0 Å². The maximum Gasteiger partial charge on any atom is 0.264 e. The van der Waals surface area contributed by atoms with Crippen LogP contribution in [-0.4, -0.2) is 44.3 Å². The quantitative estimate of drug-likeness (QED) is 0.274. The predicted octanol–water partition coefficient (Wildman–Crippen LogP) is 5.66. The molecule has 208 valence electrons. The summed E-state index contributed by atoms with van der Waals surface area (Å²) >= 11 is 12.4. The third-order valence-electron chi connectivity index (χ3n) is 6.08. The zero-order chi connectivity index (χ0) is 28.6. The maximum absolute atomic E-state index is 14.6. The van der Waals surface area contributed by atoms with Crippen molar-refractivity contribution in [2.75, 3.05) is 17.4 Å². The van der Waals surface area contributed by atoms with Crippen LogP contribution in [0, 0.1) is 5.82 Å². The lowest BCUT2D eigenvalue weighted by Crippen LogP contribution is -2.51. The first-order valence-corrected chi connectivity index (χ1v) is 14.6. The number of rotatable bonds is 12. The Morgan fingerprint density at radius 3 is 2.31 bits per heavy atom. The van der Waals surface area contributed by atoms with Crippen molar-refractivity contribution in [3.8, 4) is 0 Å². The zero-order valence-electron chi connectivity index (χ0n) is 21.6. The molecule has 0 bridgehead atoms. The average molecular weight is 595 g/mol. The van der Waals surface area contributed by atoms with E-state index in [1.807, 2.05) is 6.92 Å². The van der Waals surface area contributed by atoms with Gasteiger partial charge in [-0.15, -0.1) is 0 Å². The summed E-state index contributed by atoms with van der Waals surface area (Å²) in [7, 11) is -4.28. The van der Waals surface area contributed by atoms with Gasteiger partial charge in [0.1, 0.15) is 18.4 Å². The molecule has 0 radical (unpaired) electrons. The molecule has 0 aliphatic heterocycles. The van der Waals surface area contributed by atoms with Crippen LogP contribution in [0.15, 0.2) is 77.7 Å². The molecule has 1 atom stereocenters. The number of sulfonamides is 1. The van der Waals surface area contributed by atoms with E-state index in [1.54, 1.807) is 24.3 Å². The van der Waals surface area contributed by atoms with Gasteiger partial charge in [0.25, 0.3) is 10.0 Å². The van der Waals surface area contributed by atoms with Crippen molar-refractivity contribution < 1.29 is 22.4 Å². The molecule has 1 N–H and O–H groups in total. The molecule has 39 heavy (non-hydrogen) atoms. The van der Waals surface area contributed by atoms with Gasteiger partial charge in [0.15, 0.2) is 0 Å². The monoisotopic (exact) mass is 593 g/mol. The SMILES string of the molecule is CCCCNC(=O)[C@@H](C)N(Cc1ccccc1F)C(=O)CN(c1ccc(Cl)cc1Cl)S(=O)(=O)c1ccccc1. The first-order valence-electron chi connectivity index (χ1n) is 12.4. The van der Waals surface area contributed by atoms with Crippen LogP contribution in [0.1, 0.15) is 32.3 Å². The smallest absolute Gasteiger partial charge is 0.264 e. The molecule has 0 saturated carbocycles. The van der Waals surface area contributed by atoms with Crippen LogP contribution in [0.3, 0.4) is 0 Å². The fourth-order valence-electron chi connectivity index (χ4n) is 3.85. The topological polar surface area (TPSA) is 86.8 Å². The van der Waals surface area contributed by atoms with E-state index in [1.165, 1.54) is 55.5 Å². The number of benzene rings is 3. The molecule has 0 unspecified atom stereocenters. The van der Waals surface area contributed by atoms with Crippen LogP contribution in [0.2, 0.25) is 10.0 Å². The van der Waals surface area contributed by atoms with Gasteiger partial charge in [0, 0.05) is 23.7 Å². The average Bonchev–Trinajstić information content (AvgIpc) is 2.91. The largest absolute Gasteiger partial charge is 0.354 e. The van der Waals surface area contributed by atoms with Gasteiger partial charge < -0.3 is 10.2 Å². The number of anilines is 1. The number of hydrogen-bond acceptors (Lipinski definition) is 4. The highest BCUT2D eigenvalue weighted by molar-refractivity contribution is 7.92. The van der Waals surface area contributed by atoms with Gasteiger partial charge in [0.05, 0.1) is 15.6 Å². The number of hydrogen-bond donors (Lipinski definition) is 1. The van der Waals surface area contributed by atoms with Crippen molar-refractivity contribution in [1.82, 2.24) is 10.2 Å². The van der Waals surface area contributed by atoms with E-state index in [2.05, 4.69) is 5.32 Å². The summed E-state index contributed by atoms with van der Waals surface area (Å²) in [5.41, 5.74) is 0.213. The standard InChI is InChI=1S/C28H30Cl2FN3O4S/c1-3-4-16-32-28(36)20(2)33(18-21-10-8-9-13-25(21)31)27(35)19-34(26-15-14-22(29)17-24(26)30)39(37,38)23-11-6-5-7-12-23/h5-15,17,20H,3-4,16,18-19H2,1-2H3,(H,32,36)/t20-/m1/s1. The molecule has 0 heterocycles. The Kier molecular flexibility index (Phi) is 10.7. The highest BCUT2D eigenvalue weighted by Crippen LogP contribution is 2.33. The molecule has 7 nitrogen and oxygen atoms in total. The Morgan fingerprint density at radius 1 is 1.00 bits per heavy atom. The normalized spacial score (nSPS) is 12.0. The summed E-state index contributed by atoms with van der Waals surface area (Å²) in [4.78, 5) is 27.9. The summed E-state index contributed by atoms with van der Waals surface area (Å²) in [6.45, 7) is 2.97. The molecule has 2 amide bonds. The predicted molar refractivity (Wildman–Crippen MR) is 152 cm³/mol. The number of nitrogens with one attached hydrogen (secondary N) is 1. The van der Waals surface area contributed by atoms with Gasteiger partial charge in [0.2, 0.25) is 11.8 Å². The zero-order valence-corrected chi connectivity index (χ0v) is 23.9. The van der Waals surface area contributed by atoms with Crippen LogP contribution in [0.4, 0.5) is 10.1 Å². The minimum absolute atomic E-state index is 0.0146. The van der Waals surface area contributed by atoms with Crippen molar-refractivity contribution in [3.63, 3.8) is 0 Å². The van der Waals surface area contributed by atoms with Crippen molar-refractivity contribution >= 4 is 50.7 Å². The third-order valence-corrected chi connectivity index (χ3v) is 8.40. The lowest BCUT2D eigenvalue weighted by Gasteiger charge is -2.32. The Hall–Kier alpha value is -3.14. The molecule has 0 aliphatic carbocycles. The number of amides is 2. The lowest BCUT2D eigenvalue weighted by atomic mass is 10.1. The first-order chi connectivity index (χ1) is 18.6. The number of halogens is 3. The van der Waals surface area contributed by atoms with Gasteiger partial charge in [-0.2, -0.15) is 0 Å². The molecule has 3 aromatic carbocycles. The highest BCUT2D eigenvalue weighted by atomic mass is 35.5. The van der Waals surface area contributed by atoms with Gasteiger partial charge in [-0.1, -0.05) is 72.9 Å². The molecule has 11 heteroatoms. The lowest BCUT2D eigenvalue weighted by molar-refractivity contribution is -0.139. The fraction of sp³-hybridized carbons (Fsp3) is 0.286. The van der Waals surface area contributed by atoms with E-state index in [9.17, 15) is 22.4 Å². The van der Waals surface area contributed by atoms with Crippen LogP contribution >= 0.6 is 23.2 Å². The second-order valence-corrected chi connectivity index (χ2v) is 11.6.